The van der Waals surface area contributed by atoms with Crippen molar-refractivity contribution in [3.63, 3.8) is 0 Å². The fraction of sp³-hybridized carbons (Fsp3) is 0.632. The van der Waals surface area contributed by atoms with Gasteiger partial charge in [0.2, 0.25) is 5.91 Å². The van der Waals surface area contributed by atoms with Crippen molar-refractivity contribution in [3.8, 4) is 5.75 Å². The Morgan fingerprint density at radius 2 is 1.91 bits per heavy atom. The van der Waals surface area contributed by atoms with Crippen LogP contribution >= 0.6 is 0 Å². The number of nitrogens with one attached hydrogen (secondary N) is 1. The summed E-state index contributed by atoms with van der Waals surface area (Å²) in [5.74, 6) is 0.987. The maximum Gasteiger partial charge on any atom is 0.220 e. The third-order valence-corrected chi connectivity index (χ3v) is 4.96. The Kier molecular flexibility index (Phi) is 6.46. The highest BCUT2D eigenvalue weighted by Gasteiger charge is 2.34. The molecule has 1 fully saturated rings. The van der Waals surface area contributed by atoms with Crippen LogP contribution in [0.1, 0.15) is 57.4 Å². The topological polar surface area (TPSA) is 64.3 Å². The highest BCUT2D eigenvalue weighted by atomic mass is 16.5. The highest BCUT2D eigenvalue weighted by Crippen LogP contribution is 2.39. The predicted octanol–water partition coefficient (Wildman–Crippen LogP) is 3.14. The zero-order valence-electron chi connectivity index (χ0n) is 14.4. The number of carbonyl (C=O) groups is 1. The summed E-state index contributed by atoms with van der Waals surface area (Å²) in [7, 11) is 1.68. The molecule has 0 heterocycles. The minimum absolute atomic E-state index is 0.0640. The largest absolute Gasteiger partial charge is 0.497 e. The van der Waals surface area contributed by atoms with E-state index in [1.165, 1.54) is 24.8 Å². The van der Waals surface area contributed by atoms with E-state index in [1.807, 2.05) is 19.1 Å². The SMILES string of the molecule is COc1ccc(C2(CNC(=O)CCC(C)N)CCCCC2)cc1. The first-order chi connectivity index (χ1) is 11.1. The van der Waals surface area contributed by atoms with Crippen LogP contribution in [0.5, 0.6) is 5.75 Å². The second kappa shape index (κ2) is 8.34. The van der Waals surface area contributed by atoms with Gasteiger partial charge in [-0.15, -0.1) is 0 Å². The summed E-state index contributed by atoms with van der Waals surface area (Å²) in [6.45, 7) is 2.66. The molecule has 0 bridgehead atoms. The molecule has 1 aromatic carbocycles. The van der Waals surface area contributed by atoms with Crippen LogP contribution in [0.15, 0.2) is 24.3 Å². The van der Waals surface area contributed by atoms with Crippen molar-refractivity contribution < 1.29 is 9.53 Å². The van der Waals surface area contributed by atoms with Gasteiger partial charge in [-0.05, 0) is 43.9 Å². The second-order valence-corrected chi connectivity index (χ2v) is 6.86. The molecule has 2 rings (SSSR count). The van der Waals surface area contributed by atoms with Crippen molar-refractivity contribution in [3.05, 3.63) is 29.8 Å². The van der Waals surface area contributed by atoms with Gasteiger partial charge in [0.1, 0.15) is 5.75 Å². The lowest BCUT2D eigenvalue weighted by atomic mass is 9.69. The maximum atomic E-state index is 12.1. The van der Waals surface area contributed by atoms with E-state index in [4.69, 9.17) is 10.5 Å². The number of ether oxygens (including phenoxy) is 1. The van der Waals surface area contributed by atoms with Gasteiger partial charge in [0.15, 0.2) is 0 Å². The fourth-order valence-electron chi connectivity index (χ4n) is 3.46. The molecule has 128 valence electrons. The molecule has 1 aliphatic carbocycles. The van der Waals surface area contributed by atoms with Gasteiger partial charge in [0, 0.05) is 24.4 Å². The quantitative estimate of drug-likeness (QED) is 0.812. The average molecular weight is 318 g/mol. The lowest BCUT2D eigenvalue weighted by molar-refractivity contribution is -0.121. The van der Waals surface area contributed by atoms with Crippen LogP contribution in [0.3, 0.4) is 0 Å². The Hall–Kier alpha value is -1.55. The third kappa shape index (κ3) is 4.96. The number of rotatable bonds is 7. The van der Waals surface area contributed by atoms with Crippen molar-refractivity contribution in [2.24, 2.45) is 5.73 Å². The van der Waals surface area contributed by atoms with Gasteiger partial charge in [-0.2, -0.15) is 0 Å². The molecule has 0 aromatic heterocycles. The first-order valence-electron chi connectivity index (χ1n) is 8.72. The molecule has 0 radical (unpaired) electrons. The smallest absolute Gasteiger partial charge is 0.220 e. The summed E-state index contributed by atoms with van der Waals surface area (Å²) in [6.07, 6.45) is 7.25. The molecule has 1 saturated carbocycles. The average Bonchev–Trinajstić information content (AvgIpc) is 2.59. The summed E-state index contributed by atoms with van der Waals surface area (Å²) in [6, 6.07) is 8.41. The molecule has 0 spiro atoms. The number of nitrogens with two attached hydrogens (primary N) is 1. The summed E-state index contributed by atoms with van der Waals surface area (Å²) >= 11 is 0. The van der Waals surface area contributed by atoms with Crippen LogP contribution in [0, 0.1) is 0 Å². The molecule has 1 unspecified atom stereocenters. The summed E-state index contributed by atoms with van der Waals surface area (Å²) < 4.78 is 5.26. The molecular formula is C19H30N2O2. The van der Waals surface area contributed by atoms with E-state index >= 15 is 0 Å². The number of benzene rings is 1. The molecule has 0 aliphatic heterocycles. The van der Waals surface area contributed by atoms with Crippen LogP contribution in [0.2, 0.25) is 0 Å². The van der Waals surface area contributed by atoms with E-state index in [-0.39, 0.29) is 17.4 Å². The van der Waals surface area contributed by atoms with Gasteiger partial charge in [-0.25, -0.2) is 0 Å². The molecule has 4 nitrogen and oxygen atoms in total. The summed E-state index contributed by atoms with van der Waals surface area (Å²) in [4.78, 5) is 12.1. The molecule has 4 heteroatoms. The normalized spacial score (nSPS) is 18.2. The predicted molar refractivity (Wildman–Crippen MR) is 93.7 cm³/mol. The van der Waals surface area contributed by atoms with Gasteiger partial charge in [-0.3, -0.25) is 4.79 Å². The van der Waals surface area contributed by atoms with Gasteiger partial charge < -0.3 is 15.8 Å². The van der Waals surface area contributed by atoms with Gasteiger partial charge in [-0.1, -0.05) is 31.4 Å². The van der Waals surface area contributed by atoms with Crippen LogP contribution in [-0.2, 0) is 10.2 Å². The van der Waals surface area contributed by atoms with E-state index < -0.39 is 0 Å². The molecule has 3 N–H and O–H groups in total. The second-order valence-electron chi connectivity index (χ2n) is 6.86. The number of carbonyl (C=O) groups excluding carboxylic acids is 1. The van der Waals surface area contributed by atoms with E-state index in [0.717, 1.165) is 31.6 Å². The van der Waals surface area contributed by atoms with Crippen LogP contribution < -0.4 is 15.8 Å². The minimum Gasteiger partial charge on any atom is -0.497 e. The van der Waals surface area contributed by atoms with E-state index in [9.17, 15) is 4.79 Å². The standard InChI is InChI=1S/C19H30N2O2/c1-15(20)6-11-18(22)21-14-19(12-4-3-5-13-19)16-7-9-17(23-2)10-8-16/h7-10,15H,3-6,11-14,20H2,1-2H3,(H,21,22). The highest BCUT2D eigenvalue weighted by molar-refractivity contribution is 5.76. The Morgan fingerprint density at radius 3 is 2.48 bits per heavy atom. The Bertz CT molecular complexity index is 491. The van der Waals surface area contributed by atoms with Crippen molar-refractivity contribution in [2.75, 3.05) is 13.7 Å². The Balaban J connectivity index is 2.04. The van der Waals surface area contributed by atoms with Crippen molar-refractivity contribution >= 4 is 5.91 Å². The molecule has 1 amide bonds. The van der Waals surface area contributed by atoms with Crippen LogP contribution in [0.25, 0.3) is 0 Å². The number of hydrogen-bond acceptors (Lipinski definition) is 3. The number of methoxy groups -OCH3 is 1. The van der Waals surface area contributed by atoms with Crippen molar-refractivity contribution in [1.29, 1.82) is 0 Å². The van der Waals surface area contributed by atoms with Crippen LogP contribution in [-0.4, -0.2) is 25.6 Å². The van der Waals surface area contributed by atoms with E-state index in [2.05, 4.69) is 17.4 Å². The lowest BCUT2D eigenvalue weighted by Crippen LogP contribution is -2.42. The Labute approximate surface area is 139 Å². The van der Waals surface area contributed by atoms with Gasteiger partial charge in [0.25, 0.3) is 0 Å². The van der Waals surface area contributed by atoms with Gasteiger partial charge in [0.05, 0.1) is 7.11 Å². The number of amides is 1. The minimum atomic E-state index is 0.0640. The molecule has 23 heavy (non-hydrogen) atoms. The molecule has 1 aliphatic rings. The van der Waals surface area contributed by atoms with Crippen molar-refractivity contribution in [2.45, 2.75) is 63.3 Å². The van der Waals surface area contributed by atoms with E-state index in [0.29, 0.717) is 6.42 Å². The molecule has 1 aromatic rings. The molecule has 0 saturated heterocycles. The zero-order valence-corrected chi connectivity index (χ0v) is 14.4. The summed E-state index contributed by atoms with van der Waals surface area (Å²) in [5, 5.41) is 3.15. The van der Waals surface area contributed by atoms with Gasteiger partial charge >= 0.3 is 0 Å². The fourth-order valence-corrected chi connectivity index (χ4v) is 3.46. The monoisotopic (exact) mass is 318 g/mol. The zero-order chi connectivity index (χ0) is 16.7. The first kappa shape index (κ1) is 17.8. The lowest BCUT2D eigenvalue weighted by Gasteiger charge is -2.38. The molecular weight excluding hydrogens is 288 g/mol. The Morgan fingerprint density at radius 1 is 1.26 bits per heavy atom. The maximum absolute atomic E-state index is 12.1. The third-order valence-electron chi connectivity index (χ3n) is 4.96. The summed E-state index contributed by atoms with van der Waals surface area (Å²) in [5.41, 5.74) is 7.11. The van der Waals surface area contributed by atoms with Crippen LogP contribution in [0.4, 0.5) is 0 Å². The first-order valence-corrected chi connectivity index (χ1v) is 8.72. The van der Waals surface area contributed by atoms with E-state index in [1.54, 1.807) is 7.11 Å². The molecule has 1 atom stereocenters. The van der Waals surface area contributed by atoms with Crippen molar-refractivity contribution in [1.82, 2.24) is 5.32 Å². The number of hydrogen-bond donors (Lipinski definition) is 2.